The van der Waals surface area contributed by atoms with Crippen LogP contribution in [0, 0.1) is 11.3 Å². The van der Waals surface area contributed by atoms with E-state index in [1.54, 1.807) is 0 Å². The van der Waals surface area contributed by atoms with Gasteiger partial charge in [0.15, 0.2) is 0 Å². The summed E-state index contributed by atoms with van der Waals surface area (Å²) in [5.41, 5.74) is 0.333. The fourth-order valence-electron chi connectivity index (χ4n) is 1.62. The highest BCUT2D eigenvalue weighted by molar-refractivity contribution is 7.89. The van der Waals surface area contributed by atoms with Crippen molar-refractivity contribution in [3.8, 4) is 6.07 Å². The molecular weight excluding hydrogens is 286 g/mol. The molecule has 19 heavy (non-hydrogen) atoms. The number of nitrogens with zero attached hydrogens (tertiary/aromatic N) is 1. The molecule has 2 rings (SSSR count). The van der Waals surface area contributed by atoms with Crippen LogP contribution < -0.4 is 10.0 Å². The van der Waals surface area contributed by atoms with E-state index < -0.39 is 10.0 Å². The van der Waals surface area contributed by atoms with Crippen molar-refractivity contribution in [3.63, 3.8) is 0 Å². The minimum Gasteiger partial charge on any atom is -0.313 e. The van der Waals surface area contributed by atoms with Crippen LogP contribution >= 0.6 is 11.6 Å². The van der Waals surface area contributed by atoms with Crippen LogP contribution in [0.2, 0.25) is 5.02 Å². The molecule has 0 saturated heterocycles. The van der Waals surface area contributed by atoms with Crippen molar-refractivity contribution in [2.45, 2.75) is 23.8 Å². The number of nitriles is 1. The number of benzene rings is 1. The molecule has 0 aliphatic heterocycles. The first-order chi connectivity index (χ1) is 9.03. The number of rotatable bonds is 6. The second-order valence-electron chi connectivity index (χ2n) is 4.38. The van der Waals surface area contributed by atoms with E-state index in [1.165, 1.54) is 18.2 Å². The number of nitrogens with one attached hydrogen (secondary N) is 2. The van der Waals surface area contributed by atoms with E-state index in [0.29, 0.717) is 24.7 Å². The third-order valence-electron chi connectivity index (χ3n) is 2.78. The highest BCUT2D eigenvalue weighted by atomic mass is 35.5. The third kappa shape index (κ3) is 3.91. The lowest BCUT2D eigenvalue weighted by atomic mass is 10.2. The largest absolute Gasteiger partial charge is 0.313 e. The van der Waals surface area contributed by atoms with Crippen LogP contribution in [0.25, 0.3) is 0 Å². The van der Waals surface area contributed by atoms with E-state index in [0.717, 1.165) is 12.8 Å². The Morgan fingerprint density at radius 1 is 1.37 bits per heavy atom. The van der Waals surface area contributed by atoms with E-state index in [1.807, 2.05) is 6.07 Å². The Hall–Kier alpha value is -1.13. The quantitative estimate of drug-likeness (QED) is 0.774. The summed E-state index contributed by atoms with van der Waals surface area (Å²) in [6.45, 7) is 0.910. The summed E-state index contributed by atoms with van der Waals surface area (Å²) in [4.78, 5) is -0.000381. The van der Waals surface area contributed by atoms with Gasteiger partial charge in [0, 0.05) is 19.1 Å². The molecule has 1 saturated carbocycles. The lowest BCUT2D eigenvalue weighted by molar-refractivity contribution is 0.575. The summed E-state index contributed by atoms with van der Waals surface area (Å²) in [6.07, 6.45) is 2.32. The second-order valence-corrected chi connectivity index (χ2v) is 6.53. The van der Waals surface area contributed by atoms with Gasteiger partial charge in [-0.15, -0.1) is 0 Å². The lowest BCUT2D eigenvalue weighted by Crippen LogP contribution is -2.32. The minimum absolute atomic E-state index is 0.000381. The van der Waals surface area contributed by atoms with Gasteiger partial charge in [-0.2, -0.15) is 5.26 Å². The fraction of sp³-hybridized carbons (Fsp3) is 0.417. The Morgan fingerprint density at radius 3 is 2.68 bits per heavy atom. The molecule has 0 heterocycles. The molecule has 7 heteroatoms. The van der Waals surface area contributed by atoms with Gasteiger partial charge in [0.05, 0.1) is 16.7 Å². The zero-order chi connectivity index (χ0) is 13.9. The maximum atomic E-state index is 12.0. The van der Waals surface area contributed by atoms with Crippen LogP contribution in [-0.2, 0) is 10.0 Å². The van der Waals surface area contributed by atoms with Gasteiger partial charge in [-0.05, 0) is 31.0 Å². The van der Waals surface area contributed by atoms with Crippen molar-refractivity contribution in [1.82, 2.24) is 10.0 Å². The Morgan fingerprint density at radius 2 is 2.11 bits per heavy atom. The molecule has 1 aliphatic carbocycles. The summed E-state index contributed by atoms with van der Waals surface area (Å²) >= 11 is 5.88. The standard InChI is InChI=1S/C12H14ClN3O2S/c13-11-7-9(8-14)1-4-12(11)19(17,18)16-6-5-15-10-2-3-10/h1,4,7,10,15-16H,2-3,5-6H2. The maximum Gasteiger partial charge on any atom is 0.242 e. The number of sulfonamides is 1. The molecule has 0 aromatic heterocycles. The molecule has 0 atom stereocenters. The predicted octanol–water partition coefficient (Wildman–Crippen LogP) is 1.24. The van der Waals surface area contributed by atoms with Gasteiger partial charge in [0.2, 0.25) is 10.0 Å². The first-order valence-corrected chi connectivity index (χ1v) is 7.82. The molecule has 102 valence electrons. The highest BCUT2D eigenvalue weighted by Crippen LogP contribution is 2.22. The lowest BCUT2D eigenvalue weighted by Gasteiger charge is -2.09. The van der Waals surface area contributed by atoms with Crippen molar-refractivity contribution >= 4 is 21.6 Å². The second kappa shape index (κ2) is 5.88. The van der Waals surface area contributed by atoms with Gasteiger partial charge in [0.25, 0.3) is 0 Å². The van der Waals surface area contributed by atoms with Crippen molar-refractivity contribution in [3.05, 3.63) is 28.8 Å². The maximum absolute atomic E-state index is 12.0. The van der Waals surface area contributed by atoms with Crippen molar-refractivity contribution in [2.24, 2.45) is 0 Å². The summed E-state index contributed by atoms with van der Waals surface area (Å²) in [7, 11) is -3.62. The molecule has 1 aliphatic rings. The predicted molar refractivity (Wildman–Crippen MR) is 72.4 cm³/mol. The van der Waals surface area contributed by atoms with Crippen LogP contribution in [0.4, 0.5) is 0 Å². The zero-order valence-electron chi connectivity index (χ0n) is 10.2. The summed E-state index contributed by atoms with van der Waals surface area (Å²) in [5, 5.41) is 12.0. The third-order valence-corrected chi connectivity index (χ3v) is 4.72. The van der Waals surface area contributed by atoms with Crippen LogP contribution in [0.1, 0.15) is 18.4 Å². The van der Waals surface area contributed by atoms with Crippen LogP contribution in [0.5, 0.6) is 0 Å². The number of hydrogen-bond donors (Lipinski definition) is 2. The average Bonchev–Trinajstić information content (AvgIpc) is 3.18. The van der Waals surface area contributed by atoms with E-state index in [-0.39, 0.29) is 9.92 Å². The molecule has 0 amide bonds. The van der Waals surface area contributed by atoms with Crippen molar-refractivity contribution < 1.29 is 8.42 Å². The molecule has 0 unspecified atom stereocenters. The Bertz CT molecular complexity index is 606. The molecular formula is C12H14ClN3O2S. The topological polar surface area (TPSA) is 82.0 Å². The van der Waals surface area contributed by atoms with E-state index in [2.05, 4.69) is 10.0 Å². The molecule has 1 aromatic carbocycles. The monoisotopic (exact) mass is 299 g/mol. The fourth-order valence-corrected chi connectivity index (χ4v) is 3.19. The van der Waals surface area contributed by atoms with Crippen molar-refractivity contribution in [2.75, 3.05) is 13.1 Å². The van der Waals surface area contributed by atoms with Crippen LogP contribution in [-0.4, -0.2) is 27.5 Å². The van der Waals surface area contributed by atoms with E-state index in [9.17, 15) is 8.42 Å². The zero-order valence-corrected chi connectivity index (χ0v) is 11.8. The Labute approximate surface area is 117 Å². The first-order valence-electron chi connectivity index (χ1n) is 5.95. The normalized spacial score (nSPS) is 15.2. The molecule has 0 radical (unpaired) electrons. The van der Waals surface area contributed by atoms with E-state index >= 15 is 0 Å². The number of hydrogen-bond acceptors (Lipinski definition) is 4. The SMILES string of the molecule is N#Cc1ccc(S(=O)(=O)NCCNC2CC2)c(Cl)c1. The van der Waals surface area contributed by atoms with Gasteiger partial charge in [0.1, 0.15) is 4.90 Å². The van der Waals surface area contributed by atoms with Crippen LogP contribution in [0.3, 0.4) is 0 Å². The number of halogens is 1. The summed E-state index contributed by atoms with van der Waals surface area (Å²) < 4.78 is 26.5. The molecule has 5 nitrogen and oxygen atoms in total. The Balaban J connectivity index is 1.99. The van der Waals surface area contributed by atoms with Crippen molar-refractivity contribution in [1.29, 1.82) is 5.26 Å². The molecule has 1 aromatic rings. The molecule has 2 N–H and O–H groups in total. The molecule has 0 bridgehead atoms. The minimum atomic E-state index is -3.62. The first kappa shape index (κ1) is 14.3. The van der Waals surface area contributed by atoms with Gasteiger partial charge < -0.3 is 5.32 Å². The summed E-state index contributed by atoms with van der Waals surface area (Å²) in [6, 6.07) is 6.58. The smallest absolute Gasteiger partial charge is 0.242 e. The van der Waals surface area contributed by atoms with Gasteiger partial charge in [-0.25, -0.2) is 13.1 Å². The molecule has 1 fully saturated rings. The average molecular weight is 300 g/mol. The summed E-state index contributed by atoms with van der Waals surface area (Å²) in [5.74, 6) is 0. The van der Waals surface area contributed by atoms with Gasteiger partial charge >= 0.3 is 0 Å². The Kier molecular flexibility index (Phi) is 4.42. The van der Waals surface area contributed by atoms with Gasteiger partial charge in [-0.1, -0.05) is 11.6 Å². The highest BCUT2D eigenvalue weighted by Gasteiger charge is 2.21. The van der Waals surface area contributed by atoms with Gasteiger partial charge in [-0.3, -0.25) is 0 Å². The molecule has 0 spiro atoms. The van der Waals surface area contributed by atoms with E-state index in [4.69, 9.17) is 16.9 Å². The van der Waals surface area contributed by atoms with Crippen LogP contribution in [0.15, 0.2) is 23.1 Å².